The van der Waals surface area contributed by atoms with Crippen molar-refractivity contribution in [2.75, 3.05) is 85.7 Å². The number of hydrogen-bond acceptors (Lipinski definition) is 5. The summed E-state index contributed by atoms with van der Waals surface area (Å²) >= 11 is 0. The first-order valence-electron chi connectivity index (χ1n) is 26.4. The summed E-state index contributed by atoms with van der Waals surface area (Å²) in [6.07, 6.45) is 41.8. The molecule has 0 aliphatic carbocycles. The minimum Gasteiger partial charge on any atom is -0.384 e. The normalized spacial score (nSPS) is 14.5. The van der Waals surface area contributed by atoms with Crippen molar-refractivity contribution < 1.29 is 9.53 Å². The Kier molecular flexibility index (Phi) is 39.7. The van der Waals surface area contributed by atoms with Crippen LogP contribution in [0.15, 0.2) is 0 Å². The maximum Gasteiger partial charge on any atom is 0.236 e. The molecule has 0 spiro atoms. The van der Waals surface area contributed by atoms with Gasteiger partial charge in [-0.2, -0.15) is 0 Å². The predicted molar refractivity (Wildman–Crippen MR) is 256 cm³/mol. The maximum absolute atomic E-state index is 13.9. The van der Waals surface area contributed by atoms with Gasteiger partial charge < -0.3 is 19.4 Å². The van der Waals surface area contributed by atoms with Gasteiger partial charge in [0.05, 0.1) is 6.54 Å². The van der Waals surface area contributed by atoms with Crippen molar-refractivity contribution in [1.82, 2.24) is 19.6 Å². The highest BCUT2D eigenvalue weighted by Gasteiger charge is 2.25. The molecule has 346 valence electrons. The van der Waals surface area contributed by atoms with Crippen LogP contribution < -0.4 is 0 Å². The van der Waals surface area contributed by atoms with Crippen LogP contribution in [0.2, 0.25) is 0 Å². The fraction of sp³-hybridized carbons (Fsp3) is 0.981. The molecule has 1 saturated heterocycles. The second-order valence-corrected chi connectivity index (χ2v) is 19.1. The van der Waals surface area contributed by atoms with Gasteiger partial charge in [0.2, 0.25) is 5.91 Å². The van der Waals surface area contributed by atoms with E-state index < -0.39 is 0 Å². The number of nitrogens with zero attached hydrogens (tertiary/aromatic N) is 4. The fourth-order valence-electron chi connectivity index (χ4n) is 9.26. The molecule has 0 N–H and O–H groups in total. The third-order valence-electron chi connectivity index (χ3n) is 13.2. The fourth-order valence-corrected chi connectivity index (χ4v) is 9.26. The van der Waals surface area contributed by atoms with Crippen LogP contribution in [0.4, 0.5) is 0 Å². The molecule has 58 heavy (non-hydrogen) atoms. The zero-order valence-electron chi connectivity index (χ0n) is 40.7. The Labute approximate surface area is 365 Å². The number of ether oxygens (including phenoxy) is 1. The zero-order valence-corrected chi connectivity index (χ0v) is 40.7. The number of hydrogen-bond donors (Lipinski definition) is 0. The number of carbonyl (C=O) groups excluding carboxylic acids is 1. The van der Waals surface area contributed by atoms with E-state index in [2.05, 4.69) is 54.2 Å². The number of methoxy groups -OCH3 is 1. The summed E-state index contributed by atoms with van der Waals surface area (Å²) in [4.78, 5) is 24.2. The SMILES string of the molecule is CCCCCCCCCN(CCCCCCCCC)CCN(CCCCCCCCC)CC(=O)N1CCC(CCN(CCCCCCCCC)CC(C)COC)CC1. The molecule has 1 fully saturated rings. The lowest BCUT2D eigenvalue weighted by Gasteiger charge is -2.35. The number of unbranched alkanes of at least 4 members (excludes halogenated alkanes) is 24. The van der Waals surface area contributed by atoms with Gasteiger partial charge >= 0.3 is 0 Å². The molecule has 1 amide bonds. The molecule has 0 aromatic carbocycles. The molecule has 1 heterocycles. The Morgan fingerprint density at radius 3 is 1.28 bits per heavy atom. The lowest BCUT2D eigenvalue weighted by atomic mass is 9.93. The van der Waals surface area contributed by atoms with Crippen LogP contribution in [0, 0.1) is 11.8 Å². The summed E-state index contributed by atoms with van der Waals surface area (Å²) in [5, 5.41) is 0. The van der Waals surface area contributed by atoms with Gasteiger partial charge in [0.25, 0.3) is 0 Å². The van der Waals surface area contributed by atoms with Gasteiger partial charge in [-0.3, -0.25) is 9.69 Å². The van der Waals surface area contributed by atoms with Crippen LogP contribution in [-0.4, -0.2) is 111 Å². The second-order valence-electron chi connectivity index (χ2n) is 19.1. The molecule has 6 nitrogen and oxygen atoms in total. The van der Waals surface area contributed by atoms with E-state index in [-0.39, 0.29) is 0 Å². The number of likely N-dealkylation sites (tertiary alicyclic amines) is 1. The summed E-state index contributed by atoms with van der Waals surface area (Å²) in [6.45, 7) is 24.2. The average molecular weight is 819 g/mol. The molecule has 1 aliphatic heterocycles. The first-order valence-corrected chi connectivity index (χ1v) is 26.4. The van der Waals surface area contributed by atoms with Crippen LogP contribution in [0.5, 0.6) is 0 Å². The number of piperidine rings is 1. The molecule has 1 aliphatic rings. The minimum absolute atomic E-state index is 0.390. The van der Waals surface area contributed by atoms with Crippen molar-refractivity contribution in [2.45, 2.75) is 234 Å². The highest BCUT2D eigenvalue weighted by molar-refractivity contribution is 5.78. The van der Waals surface area contributed by atoms with Crippen LogP contribution in [0.3, 0.4) is 0 Å². The van der Waals surface area contributed by atoms with E-state index in [1.54, 1.807) is 0 Å². The molecular weight excluding hydrogens is 713 g/mol. The molecule has 0 saturated carbocycles. The van der Waals surface area contributed by atoms with Crippen LogP contribution in [0.25, 0.3) is 0 Å². The molecule has 0 radical (unpaired) electrons. The Balaban J connectivity index is 2.71. The lowest BCUT2D eigenvalue weighted by Crippen LogP contribution is -2.46. The molecule has 1 atom stereocenters. The third kappa shape index (κ3) is 33.0. The lowest BCUT2D eigenvalue weighted by molar-refractivity contribution is -0.134. The van der Waals surface area contributed by atoms with Gasteiger partial charge in [-0.15, -0.1) is 0 Å². The van der Waals surface area contributed by atoms with E-state index in [1.165, 1.54) is 225 Å². The molecule has 0 bridgehead atoms. The topological polar surface area (TPSA) is 39.3 Å². The van der Waals surface area contributed by atoms with Crippen molar-refractivity contribution in [3.8, 4) is 0 Å². The van der Waals surface area contributed by atoms with E-state index >= 15 is 0 Å². The van der Waals surface area contributed by atoms with Gasteiger partial charge in [-0.25, -0.2) is 0 Å². The van der Waals surface area contributed by atoms with E-state index in [9.17, 15) is 4.79 Å². The Bertz CT molecular complexity index is 831. The van der Waals surface area contributed by atoms with E-state index in [0.717, 1.165) is 51.8 Å². The first kappa shape index (κ1) is 55.3. The minimum atomic E-state index is 0.390. The molecular formula is C52H106N4O2. The van der Waals surface area contributed by atoms with E-state index in [0.29, 0.717) is 18.4 Å². The number of carbonyl (C=O) groups is 1. The highest BCUT2D eigenvalue weighted by atomic mass is 16.5. The predicted octanol–water partition coefficient (Wildman–Crippen LogP) is 13.8. The van der Waals surface area contributed by atoms with Crippen LogP contribution in [0.1, 0.15) is 234 Å². The van der Waals surface area contributed by atoms with Crippen molar-refractivity contribution in [3.05, 3.63) is 0 Å². The van der Waals surface area contributed by atoms with Gasteiger partial charge in [0, 0.05) is 46.4 Å². The van der Waals surface area contributed by atoms with Crippen molar-refractivity contribution in [3.63, 3.8) is 0 Å². The smallest absolute Gasteiger partial charge is 0.236 e. The standard InChI is InChI=1S/C52H106N4O2/c1-7-11-15-19-23-27-31-38-53(39-32-28-24-20-16-12-8-2)45-46-55(41-34-30-26-22-18-14-10-4)48-52(57)56-43-36-51(37-44-56)35-42-54(47-50(5)49-58-6)40-33-29-25-21-17-13-9-3/h50-51H,7-49H2,1-6H3. The van der Waals surface area contributed by atoms with Crippen LogP contribution in [-0.2, 0) is 9.53 Å². The molecule has 1 unspecified atom stereocenters. The third-order valence-corrected chi connectivity index (χ3v) is 13.2. The summed E-state index contributed by atoms with van der Waals surface area (Å²) in [7, 11) is 1.84. The Hall–Kier alpha value is -0.690. The summed E-state index contributed by atoms with van der Waals surface area (Å²) in [6, 6.07) is 0. The van der Waals surface area contributed by atoms with Crippen molar-refractivity contribution in [2.24, 2.45) is 11.8 Å². The van der Waals surface area contributed by atoms with E-state index in [4.69, 9.17) is 4.74 Å². The van der Waals surface area contributed by atoms with Crippen LogP contribution >= 0.6 is 0 Å². The Morgan fingerprint density at radius 2 is 0.862 bits per heavy atom. The van der Waals surface area contributed by atoms with Gasteiger partial charge in [-0.1, -0.05) is 189 Å². The van der Waals surface area contributed by atoms with Gasteiger partial charge in [-0.05, 0) is 89.5 Å². The van der Waals surface area contributed by atoms with Gasteiger partial charge in [0.15, 0.2) is 0 Å². The van der Waals surface area contributed by atoms with Crippen molar-refractivity contribution >= 4 is 5.91 Å². The summed E-state index contributed by atoms with van der Waals surface area (Å²) in [5.41, 5.74) is 0. The quantitative estimate of drug-likeness (QED) is 0.0573. The first-order chi connectivity index (χ1) is 28.5. The van der Waals surface area contributed by atoms with Gasteiger partial charge in [0.1, 0.15) is 0 Å². The number of rotatable bonds is 44. The second kappa shape index (κ2) is 41.7. The molecule has 1 rings (SSSR count). The molecule has 0 aromatic rings. The molecule has 6 heteroatoms. The van der Waals surface area contributed by atoms with E-state index in [1.807, 2.05) is 7.11 Å². The monoisotopic (exact) mass is 819 g/mol. The molecule has 0 aromatic heterocycles. The largest absolute Gasteiger partial charge is 0.384 e. The summed E-state index contributed by atoms with van der Waals surface area (Å²) < 4.78 is 5.51. The Morgan fingerprint density at radius 1 is 0.500 bits per heavy atom. The van der Waals surface area contributed by atoms with Crippen molar-refractivity contribution in [1.29, 1.82) is 0 Å². The number of amides is 1. The average Bonchev–Trinajstić information content (AvgIpc) is 3.22. The summed E-state index contributed by atoms with van der Waals surface area (Å²) in [5.74, 6) is 1.71. The maximum atomic E-state index is 13.9. The zero-order chi connectivity index (χ0) is 42.2. The highest BCUT2D eigenvalue weighted by Crippen LogP contribution is 2.22.